The fraction of sp³-hybridized carbons (Fsp3) is 0.900. The maximum absolute atomic E-state index is 4.49. The second-order valence-corrected chi connectivity index (χ2v) is 3.43. The summed E-state index contributed by atoms with van der Waals surface area (Å²) in [6, 6.07) is 0.986. The molecule has 0 aliphatic heterocycles. The van der Waals surface area contributed by atoms with E-state index < -0.39 is 0 Å². The van der Waals surface area contributed by atoms with E-state index in [1.165, 1.54) is 0 Å². The summed E-state index contributed by atoms with van der Waals surface area (Å²) in [7, 11) is 0. The molecule has 2 nitrogen and oxygen atoms in total. The number of rotatable bonds is 4. The van der Waals surface area contributed by atoms with Gasteiger partial charge in [0.15, 0.2) is 0 Å². The van der Waals surface area contributed by atoms with Gasteiger partial charge in [0.05, 0.1) is 5.84 Å². The number of nitrogens with one attached hydrogen (secondary N) is 1. The summed E-state index contributed by atoms with van der Waals surface area (Å²) in [5.74, 6) is 1.07. The first-order valence-corrected chi connectivity index (χ1v) is 4.91. The molecule has 2 atom stereocenters. The number of hydrogen-bond acceptors (Lipinski definition) is 1. The van der Waals surface area contributed by atoms with E-state index in [1.54, 1.807) is 0 Å². The smallest absolute Gasteiger partial charge is 0.372 e. The Morgan fingerprint density at radius 2 is 1.77 bits per heavy atom. The van der Waals surface area contributed by atoms with Crippen LogP contribution < -0.4 is 5.32 Å². The van der Waals surface area contributed by atoms with Crippen molar-refractivity contribution in [2.24, 2.45) is 4.99 Å². The Labute approximate surface area is 93.1 Å². The van der Waals surface area contributed by atoms with Gasteiger partial charge in [-0.05, 0) is 33.6 Å². The number of hydrogen-bond donors (Lipinski definition) is 1. The average Bonchev–Trinajstić information content (AvgIpc) is 2.03. The second kappa shape index (κ2) is 8.58. The summed E-state index contributed by atoms with van der Waals surface area (Å²) in [6.07, 6.45) is 2.26. The largest absolute Gasteiger partial charge is 1.00 e. The SMILES string of the molecule is CCC(C)N=C(C)NC(C)CC.[Cu+]. The Balaban J connectivity index is 0. The molecule has 0 aromatic rings. The molecule has 0 bridgehead atoms. The van der Waals surface area contributed by atoms with Crippen molar-refractivity contribution in [1.82, 2.24) is 5.32 Å². The molecule has 0 aromatic heterocycles. The normalized spacial score (nSPS) is 15.9. The zero-order chi connectivity index (χ0) is 9.56. The number of aliphatic imine (C=N–C) groups is 1. The van der Waals surface area contributed by atoms with E-state index in [9.17, 15) is 0 Å². The van der Waals surface area contributed by atoms with Crippen LogP contribution in [0.25, 0.3) is 0 Å². The molecule has 0 heterocycles. The minimum absolute atomic E-state index is 0. The quantitative estimate of drug-likeness (QED) is 0.451. The van der Waals surface area contributed by atoms with Crippen molar-refractivity contribution in [3.8, 4) is 0 Å². The Bertz CT molecular complexity index is 146. The van der Waals surface area contributed by atoms with Gasteiger partial charge in [0.2, 0.25) is 0 Å². The zero-order valence-corrected chi connectivity index (χ0v) is 10.3. The summed E-state index contributed by atoms with van der Waals surface area (Å²) >= 11 is 0. The molecule has 0 saturated heterocycles. The van der Waals surface area contributed by atoms with Crippen LogP contribution >= 0.6 is 0 Å². The molecule has 0 amide bonds. The molecule has 0 saturated carbocycles. The van der Waals surface area contributed by atoms with Gasteiger partial charge in [0.25, 0.3) is 0 Å². The van der Waals surface area contributed by atoms with Gasteiger partial charge in [-0.1, -0.05) is 13.8 Å². The van der Waals surface area contributed by atoms with Crippen molar-refractivity contribution in [3.05, 3.63) is 0 Å². The van der Waals surface area contributed by atoms with Gasteiger partial charge in [-0.3, -0.25) is 4.99 Å². The topological polar surface area (TPSA) is 24.4 Å². The third-order valence-corrected chi connectivity index (χ3v) is 2.07. The van der Waals surface area contributed by atoms with Crippen LogP contribution in [0, 0.1) is 0 Å². The number of nitrogens with zero attached hydrogens (tertiary/aromatic N) is 1. The molecule has 3 heteroatoms. The Morgan fingerprint density at radius 3 is 2.15 bits per heavy atom. The molecule has 0 aromatic carbocycles. The summed E-state index contributed by atoms with van der Waals surface area (Å²) in [5, 5.41) is 3.34. The molecular formula is C10H22CuN2+. The van der Waals surface area contributed by atoms with Crippen LogP contribution in [0.5, 0.6) is 0 Å². The monoisotopic (exact) mass is 233 g/mol. The maximum atomic E-state index is 4.49. The van der Waals surface area contributed by atoms with E-state index in [0.717, 1.165) is 18.7 Å². The molecule has 0 radical (unpaired) electrons. The summed E-state index contributed by atoms with van der Waals surface area (Å²) in [5.41, 5.74) is 0. The average molecular weight is 234 g/mol. The van der Waals surface area contributed by atoms with Crippen LogP contribution in [0.2, 0.25) is 0 Å². The molecule has 2 unspecified atom stereocenters. The molecule has 0 fully saturated rings. The molecule has 0 aliphatic carbocycles. The first-order valence-electron chi connectivity index (χ1n) is 4.91. The van der Waals surface area contributed by atoms with Crippen molar-refractivity contribution in [1.29, 1.82) is 0 Å². The summed E-state index contributed by atoms with van der Waals surface area (Å²) in [4.78, 5) is 4.49. The van der Waals surface area contributed by atoms with Crippen LogP contribution in [0.15, 0.2) is 4.99 Å². The first-order chi connectivity index (χ1) is 5.60. The standard InChI is InChI=1S/C10H22N2.Cu/c1-6-8(3)11-10(5)12-9(4)7-2;/h8-9H,6-7H2,1-5H3,(H,11,12);/q;+1. The van der Waals surface area contributed by atoms with Gasteiger partial charge in [0.1, 0.15) is 0 Å². The van der Waals surface area contributed by atoms with Crippen molar-refractivity contribution in [2.45, 2.75) is 59.5 Å². The van der Waals surface area contributed by atoms with Crippen molar-refractivity contribution < 1.29 is 17.1 Å². The van der Waals surface area contributed by atoms with Gasteiger partial charge in [-0.15, -0.1) is 0 Å². The first kappa shape index (κ1) is 15.5. The summed E-state index contributed by atoms with van der Waals surface area (Å²) < 4.78 is 0. The molecule has 13 heavy (non-hydrogen) atoms. The third-order valence-electron chi connectivity index (χ3n) is 2.07. The molecule has 0 rings (SSSR count). The predicted octanol–water partition coefficient (Wildman–Crippen LogP) is 2.59. The Hall–Kier alpha value is -0.0105. The van der Waals surface area contributed by atoms with E-state index in [-0.39, 0.29) is 17.1 Å². The van der Waals surface area contributed by atoms with Crippen LogP contribution in [-0.4, -0.2) is 17.9 Å². The van der Waals surface area contributed by atoms with Crippen LogP contribution in [0.1, 0.15) is 47.5 Å². The van der Waals surface area contributed by atoms with E-state index in [1.807, 2.05) is 6.92 Å². The Kier molecular flexibility index (Phi) is 10.2. The van der Waals surface area contributed by atoms with Gasteiger partial charge in [-0.2, -0.15) is 0 Å². The van der Waals surface area contributed by atoms with Crippen LogP contribution in [0.3, 0.4) is 0 Å². The fourth-order valence-corrected chi connectivity index (χ4v) is 0.918. The predicted molar refractivity (Wildman–Crippen MR) is 55.8 cm³/mol. The Morgan fingerprint density at radius 1 is 1.23 bits per heavy atom. The van der Waals surface area contributed by atoms with Crippen LogP contribution in [0.4, 0.5) is 0 Å². The van der Waals surface area contributed by atoms with Crippen LogP contribution in [-0.2, 0) is 17.1 Å². The van der Waals surface area contributed by atoms with Gasteiger partial charge in [0, 0.05) is 12.1 Å². The zero-order valence-electron chi connectivity index (χ0n) is 9.32. The van der Waals surface area contributed by atoms with Gasteiger partial charge >= 0.3 is 17.1 Å². The van der Waals surface area contributed by atoms with Gasteiger partial charge in [-0.25, -0.2) is 0 Å². The van der Waals surface area contributed by atoms with Gasteiger partial charge < -0.3 is 5.32 Å². The van der Waals surface area contributed by atoms with E-state index in [0.29, 0.717) is 12.1 Å². The molecule has 0 spiro atoms. The third kappa shape index (κ3) is 8.32. The maximum Gasteiger partial charge on any atom is 1.00 e. The minimum Gasteiger partial charge on any atom is -0.372 e. The minimum atomic E-state index is 0. The number of amidine groups is 1. The van der Waals surface area contributed by atoms with Crippen molar-refractivity contribution in [2.75, 3.05) is 0 Å². The van der Waals surface area contributed by atoms with Crippen molar-refractivity contribution >= 4 is 5.84 Å². The summed E-state index contributed by atoms with van der Waals surface area (Å²) in [6.45, 7) is 10.7. The second-order valence-electron chi connectivity index (χ2n) is 3.43. The molecule has 0 aliphatic rings. The van der Waals surface area contributed by atoms with E-state index in [2.05, 4.69) is 38.0 Å². The molecular weight excluding hydrogens is 212 g/mol. The van der Waals surface area contributed by atoms with E-state index in [4.69, 9.17) is 0 Å². The van der Waals surface area contributed by atoms with Crippen molar-refractivity contribution in [3.63, 3.8) is 0 Å². The fourth-order valence-electron chi connectivity index (χ4n) is 0.918. The molecule has 82 valence electrons. The van der Waals surface area contributed by atoms with E-state index >= 15 is 0 Å². The molecule has 1 N–H and O–H groups in total.